The van der Waals surface area contributed by atoms with Gasteiger partial charge in [-0.2, -0.15) is 0 Å². The van der Waals surface area contributed by atoms with Gasteiger partial charge in [0.05, 0.1) is 0 Å². The third-order valence-electron chi connectivity index (χ3n) is 3.30. The van der Waals surface area contributed by atoms with Gasteiger partial charge >= 0.3 is 0 Å². The van der Waals surface area contributed by atoms with Crippen LogP contribution >= 0.6 is 11.3 Å². The van der Waals surface area contributed by atoms with Crippen LogP contribution in [-0.2, 0) is 6.54 Å². The molecule has 0 aromatic carbocycles. The fraction of sp³-hybridized carbons (Fsp3) is 0.400. The van der Waals surface area contributed by atoms with Crippen molar-refractivity contribution < 1.29 is 0 Å². The van der Waals surface area contributed by atoms with Crippen molar-refractivity contribution >= 4 is 11.3 Å². The molecule has 0 saturated heterocycles. The molecule has 3 nitrogen and oxygen atoms in total. The van der Waals surface area contributed by atoms with Gasteiger partial charge in [-0.05, 0) is 43.0 Å². The Hall–Kier alpha value is -1.23. The fourth-order valence-electron chi connectivity index (χ4n) is 2.28. The lowest BCUT2D eigenvalue weighted by atomic mass is 10.1. The number of hydrogen-bond donors (Lipinski definition) is 1. The minimum atomic E-state index is 0.241. The lowest BCUT2D eigenvalue weighted by Gasteiger charge is -2.34. The molecule has 2 aromatic heterocycles. The Morgan fingerprint density at radius 3 is 2.53 bits per heavy atom. The predicted molar refractivity (Wildman–Crippen MR) is 81.0 cm³/mol. The van der Waals surface area contributed by atoms with E-state index in [-0.39, 0.29) is 6.04 Å². The Balaban J connectivity index is 2.21. The molecule has 2 heterocycles. The third-order valence-corrected chi connectivity index (χ3v) is 4.16. The Bertz CT molecular complexity index is 467. The van der Waals surface area contributed by atoms with Crippen molar-refractivity contribution in [3.8, 4) is 0 Å². The summed E-state index contributed by atoms with van der Waals surface area (Å²) in [7, 11) is 0. The lowest BCUT2D eigenvalue weighted by molar-refractivity contribution is 0.149. The predicted octanol–water partition coefficient (Wildman–Crippen LogP) is 3.05. The maximum atomic E-state index is 6.01. The van der Waals surface area contributed by atoms with Crippen LogP contribution in [0.15, 0.2) is 42.0 Å². The zero-order valence-corrected chi connectivity index (χ0v) is 12.3. The molecular weight excluding hydrogens is 254 g/mol. The second-order valence-corrected chi connectivity index (χ2v) is 5.91. The van der Waals surface area contributed by atoms with Crippen LogP contribution in [0, 0.1) is 0 Å². The Morgan fingerprint density at radius 2 is 2.00 bits per heavy atom. The molecule has 0 aliphatic carbocycles. The molecule has 102 valence electrons. The summed E-state index contributed by atoms with van der Waals surface area (Å²) in [6.45, 7) is 6.00. The topological polar surface area (TPSA) is 42.1 Å². The molecule has 0 fully saturated rings. The SMILES string of the molecule is CC(C)N(Cc1cccs1)C(CN)c1ccncc1. The molecule has 2 N–H and O–H groups in total. The number of nitrogens with two attached hydrogens (primary N) is 1. The minimum Gasteiger partial charge on any atom is -0.329 e. The normalized spacial score (nSPS) is 13.1. The summed E-state index contributed by atoms with van der Waals surface area (Å²) in [5.74, 6) is 0. The van der Waals surface area contributed by atoms with Gasteiger partial charge in [-0.1, -0.05) is 6.07 Å². The highest BCUT2D eigenvalue weighted by molar-refractivity contribution is 7.09. The van der Waals surface area contributed by atoms with Crippen LogP contribution in [0.2, 0.25) is 0 Å². The molecule has 0 aliphatic rings. The van der Waals surface area contributed by atoms with Crippen molar-refractivity contribution in [2.24, 2.45) is 5.73 Å². The first-order chi connectivity index (χ1) is 9.22. The van der Waals surface area contributed by atoms with Gasteiger partial charge < -0.3 is 5.73 Å². The summed E-state index contributed by atoms with van der Waals surface area (Å²) < 4.78 is 0. The van der Waals surface area contributed by atoms with Gasteiger partial charge in [0, 0.05) is 42.4 Å². The summed E-state index contributed by atoms with van der Waals surface area (Å²) in [5.41, 5.74) is 7.25. The number of thiophene rings is 1. The molecule has 1 unspecified atom stereocenters. The molecule has 2 rings (SSSR count). The van der Waals surface area contributed by atoms with E-state index in [1.165, 1.54) is 10.4 Å². The largest absolute Gasteiger partial charge is 0.329 e. The first kappa shape index (κ1) is 14.2. The van der Waals surface area contributed by atoms with E-state index in [1.807, 2.05) is 12.4 Å². The van der Waals surface area contributed by atoms with Crippen molar-refractivity contribution in [1.29, 1.82) is 0 Å². The Labute approximate surface area is 119 Å². The first-order valence-corrected chi connectivity index (χ1v) is 7.48. The maximum absolute atomic E-state index is 6.01. The van der Waals surface area contributed by atoms with Gasteiger partial charge in [-0.15, -0.1) is 11.3 Å². The standard InChI is InChI=1S/C15H21N3S/c1-12(2)18(11-14-4-3-9-19-14)15(10-16)13-5-7-17-8-6-13/h3-9,12,15H,10-11,16H2,1-2H3. The van der Waals surface area contributed by atoms with Crippen molar-refractivity contribution in [2.45, 2.75) is 32.5 Å². The van der Waals surface area contributed by atoms with Crippen LogP contribution in [0.5, 0.6) is 0 Å². The van der Waals surface area contributed by atoms with Crippen LogP contribution < -0.4 is 5.73 Å². The van der Waals surface area contributed by atoms with Crippen LogP contribution in [0.4, 0.5) is 0 Å². The van der Waals surface area contributed by atoms with E-state index in [0.29, 0.717) is 12.6 Å². The number of pyridine rings is 1. The maximum Gasteiger partial charge on any atom is 0.0478 e. The van der Waals surface area contributed by atoms with Gasteiger partial charge in [0.1, 0.15) is 0 Å². The van der Waals surface area contributed by atoms with Crippen LogP contribution in [0.3, 0.4) is 0 Å². The number of hydrogen-bond acceptors (Lipinski definition) is 4. The molecule has 4 heteroatoms. The molecule has 0 amide bonds. The summed E-state index contributed by atoms with van der Waals surface area (Å²) in [4.78, 5) is 7.91. The Kier molecular flexibility index (Phi) is 5.07. The van der Waals surface area contributed by atoms with E-state index in [1.54, 1.807) is 11.3 Å². The Morgan fingerprint density at radius 1 is 1.26 bits per heavy atom. The molecule has 19 heavy (non-hydrogen) atoms. The second-order valence-electron chi connectivity index (χ2n) is 4.88. The molecule has 0 bridgehead atoms. The summed E-state index contributed by atoms with van der Waals surface area (Å²) in [6.07, 6.45) is 3.67. The molecule has 1 atom stereocenters. The molecule has 2 aromatic rings. The summed E-state index contributed by atoms with van der Waals surface area (Å²) >= 11 is 1.80. The highest BCUT2D eigenvalue weighted by Crippen LogP contribution is 2.25. The lowest BCUT2D eigenvalue weighted by Crippen LogP contribution is -2.38. The van der Waals surface area contributed by atoms with Crippen LogP contribution in [0.25, 0.3) is 0 Å². The van der Waals surface area contributed by atoms with Gasteiger partial charge in [0.25, 0.3) is 0 Å². The average Bonchev–Trinajstić information content (AvgIpc) is 2.92. The quantitative estimate of drug-likeness (QED) is 0.881. The number of nitrogens with zero attached hydrogens (tertiary/aromatic N) is 2. The summed E-state index contributed by atoms with van der Waals surface area (Å²) in [6, 6.07) is 9.08. The van der Waals surface area contributed by atoms with Gasteiger partial charge in [-0.3, -0.25) is 9.88 Å². The molecule has 0 aliphatic heterocycles. The smallest absolute Gasteiger partial charge is 0.0478 e. The number of aromatic nitrogens is 1. The van der Waals surface area contributed by atoms with Crippen LogP contribution in [-0.4, -0.2) is 22.5 Å². The van der Waals surface area contributed by atoms with E-state index >= 15 is 0 Å². The van der Waals surface area contributed by atoms with E-state index in [2.05, 4.69) is 53.4 Å². The second kappa shape index (κ2) is 6.80. The van der Waals surface area contributed by atoms with Gasteiger partial charge in [0.2, 0.25) is 0 Å². The van der Waals surface area contributed by atoms with Crippen LogP contribution in [0.1, 0.15) is 30.3 Å². The zero-order chi connectivity index (χ0) is 13.7. The zero-order valence-electron chi connectivity index (χ0n) is 11.5. The van der Waals surface area contributed by atoms with E-state index in [0.717, 1.165) is 6.54 Å². The van der Waals surface area contributed by atoms with E-state index < -0.39 is 0 Å². The molecular formula is C15H21N3S. The van der Waals surface area contributed by atoms with E-state index in [9.17, 15) is 0 Å². The van der Waals surface area contributed by atoms with Gasteiger partial charge in [-0.25, -0.2) is 0 Å². The highest BCUT2D eigenvalue weighted by atomic mass is 32.1. The van der Waals surface area contributed by atoms with Crippen molar-refractivity contribution in [1.82, 2.24) is 9.88 Å². The van der Waals surface area contributed by atoms with Gasteiger partial charge in [0.15, 0.2) is 0 Å². The number of rotatable bonds is 6. The van der Waals surface area contributed by atoms with Crippen molar-refractivity contribution in [3.05, 3.63) is 52.5 Å². The molecule has 0 radical (unpaired) electrons. The van der Waals surface area contributed by atoms with Crippen molar-refractivity contribution in [3.63, 3.8) is 0 Å². The third kappa shape index (κ3) is 3.62. The minimum absolute atomic E-state index is 0.241. The first-order valence-electron chi connectivity index (χ1n) is 6.60. The highest BCUT2D eigenvalue weighted by Gasteiger charge is 2.22. The fourth-order valence-corrected chi connectivity index (χ4v) is 3.00. The average molecular weight is 275 g/mol. The monoisotopic (exact) mass is 275 g/mol. The van der Waals surface area contributed by atoms with Crippen molar-refractivity contribution in [2.75, 3.05) is 6.54 Å². The van der Waals surface area contributed by atoms with E-state index in [4.69, 9.17) is 5.73 Å². The molecule has 0 spiro atoms. The molecule has 0 saturated carbocycles. The summed E-state index contributed by atoms with van der Waals surface area (Å²) in [5, 5.41) is 2.12.